The van der Waals surface area contributed by atoms with Crippen molar-refractivity contribution in [2.24, 2.45) is 0 Å². The molecule has 0 bridgehead atoms. The standard InChI is InChI=1S/C31H32N4O6S3/c1-3-32-41-44(39,40)19-8-17-35-29(42-27-16-14-23-10-5-7-12-25(23)31(27)35)21-28-33(2)26-15-13-22-9-4-6-11-24(22)30(26)34(28)18-20-43(36,37)38/h4-7,9-16,21,32H,3,8,17-20H2,1-2H3. The fourth-order valence-corrected chi connectivity index (χ4v) is 8.13. The summed E-state index contributed by atoms with van der Waals surface area (Å²) in [6, 6.07) is 24.1. The van der Waals surface area contributed by atoms with Gasteiger partial charge in [0.1, 0.15) is 10.5 Å². The van der Waals surface area contributed by atoms with Gasteiger partial charge in [-0.15, -0.1) is 0 Å². The fraction of sp³-hybridized carbons (Fsp3) is 0.258. The molecular formula is C31H32N4O6S3. The van der Waals surface area contributed by atoms with Gasteiger partial charge >= 0.3 is 0 Å². The van der Waals surface area contributed by atoms with E-state index in [9.17, 15) is 21.4 Å². The van der Waals surface area contributed by atoms with Crippen molar-refractivity contribution in [2.45, 2.75) is 19.9 Å². The van der Waals surface area contributed by atoms with E-state index >= 15 is 0 Å². The van der Waals surface area contributed by atoms with Crippen LogP contribution >= 0.6 is 11.3 Å². The predicted octanol–water partition coefficient (Wildman–Crippen LogP) is 4.56. The highest BCUT2D eigenvalue weighted by atomic mass is 32.2. The third-order valence-electron chi connectivity index (χ3n) is 7.67. The van der Waals surface area contributed by atoms with Crippen LogP contribution in [0.3, 0.4) is 0 Å². The molecule has 0 fully saturated rings. The minimum Gasteiger partial charge on any atom is -0.748 e. The molecule has 2 heterocycles. The highest BCUT2D eigenvalue weighted by molar-refractivity contribution is 7.86. The largest absolute Gasteiger partial charge is 0.748 e. The van der Waals surface area contributed by atoms with Gasteiger partial charge in [-0.25, -0.2) is 8.42 Å². The summed E-state index contributed by atoms with van der Waals surface area (Å²) in [4.78, 5) is 3.90. The number of aromatic nitrogens is 1. The van der Waals surface area contributed by atoms with Crippen molar-refractivity contribution in [1.82, 2.24) is 5.48 Å². The monoisotopic (exact) mass is 652 g/mol. The van der Waals surface area contributed by atoms with Crippen molar-refractivity contribution in [3.05, 3.63) is 83.6 Å². The van der Waals surface area contributed by atoms with Crippen molar-refractivity contribution in [3.63, 3.8) is 0 Å². The summed E-state index contributed by atoms with van der Waals surface area (Å²) >= 11 is 1.57. The Bertz CT molecular complexity index is 2130. The van der Waals surface area contributed by atoms with Crippen LogP contribution in [0.5, 0.6) is 0 Å². The van der Waals surface area contributed by atoms with E-state index < -0.39 is 26.0 Å². The lowest BCUT2D eigenvalue weighted by molar-refractivity contribution is -0.667. The third kappa shape index (κ3) is 6.03. The Hall–Kier alpha value is -3.59. The molecule has 0 saturated carbocycles. The van der Waals surface area contributed by atoms with Crippen molar-refractivity contribution in [1.29, 1.82) is 0 Å². The number of hydroxylamine groups is 1. The molecule has 1 aliphatic rings. The average molecular weight is 653 g/mol. The first-order chi connectivity index (χ1) is 21.1. The lowest BCUT2D eigenvalue weighted by Gasteiger charge is -2.23. The Morgan fingerprint density at radius 1 is 0.932 bits per heavy atom. The Morgan fingerprint density at radius 2 is 1.61 bits per heavy atom. The van der Waals surface area contributed by atoms with Gasteiger partial charge < -0.3 is 14.4 Å². The Balaban J connectivity index is 1.49. The zero-order valence-electron chi connectivity index (χ0n) is 24.3. The zero-order chi connectivity index (χ0) is 31.1. The average Bonchev–Trinajstić information content (AvgIpc) is 3.49. The molecule has 10 nitrogen and oxygen atoms in total. The van der Waals surface area contributed by atoms with Crippen LogP contribution in [0.4, 0.5) is 11.4 Å². The minimum atomic E-state index is -4.48. The second kappa shape index (κ2) is 12.1. The first-order valence-corrected chi connectivity index (χ1v) is 18.2. The van der Waals surface area contributed by atoms with E-state index in [1.54, 1.807) is 18.3 Å². The predicted molar refractivity (Wildman–Crippen MR) is 175 cm³/mol. The summed E-state index contributed by atoms with van der Waals surface area (Å²) in [5, 5.41) is 4.91. The summed E-state index contributed by atoms with van der Waals surface area (Å²) < 4.78 is 68.3. The van der Waals surface area contributed by atoms with Gasteiger partial charge in [-0.05, 0) is 29.0 Å². The van der Waals surface area contributed by atoms with Gasteiger partial charge in [0.05, 0.1) is 44.5 Å². The first kappa shape index (κ1) is 30.4. The van der Waals surface area contributed by atoms with Crippen LogP contribution in [-0.4, -0.2) is 53.0 Å². The van der Waals surface area contributed by atoms with E-state index in [1.807, 2.05) is 77.5 Å². The molecule has 0 aliphatic carbocycles. The van der Waals surface area contributed by atoms with Crippen LogP contribution in [0.2, 0.25) is 0 Å². The molecular weight excluding hydrogens is 621 g/mol. The molecule has 4 aromatic carbocycles. The molecule has 1 aromatic heterocycles. The Kier molecular flexibility index (Phi) is 8.35. The number of anilines is 2. The highest BCUT2D eigenvalue weighted by Crippen LogP contribution is 2.46. The fourth-order valence-electron chi connectivity index (χ4n) is 5.72. The van der Waals surface area contributed by atoms with Crippen molar-refractivity contribution in [2.75, 3.05) is 41.4 Å². The number of rotatable bonds is 11. The molecule has 230 valence electrons. The molecule has 1 aliphatic heterocycles. The smallest absolute Gasteiger partial charge is 0.283 e. The maximum Gasteiger partial charge on any atom is 0.283 e. The molecule has 6 rings (SSSR count). The van der Waals surface area contributed by atoms with Gasteiger partial charge in [0.2, 0.25) is 5.52 Å². The SMILES string of the molecule is CCNOS(=O)(=O)CCC[n+]1c(C=C2N(C)c3ccc4ccccc4c3N2CCS(=O)(=O)[O-])sc2ccc3ccccc3c21. The second-order valence-electron chi connectivity index (χ2n) is 10.6. The van der Waals surface area contributed by atoms with Crippen molar-refractivity contribution in [3.8, 4) is 0 Å². The Labute approximate surface area is 260 Å². The zero-order valence-corrected chi connectivity index (χ0v) is 26.7. The summed E-state index contributed by atoms with van der Waals surface area (Å²) in [6.07, 6.45) is 2.30. The lowest BCUT2D eigenvalue weighted by Crippen LogP contribution is -2.37. The minimum absolute atomic E-state index is 0.0170. The first-order valence-electron chi connectivity index (χ1n) is 14.2. The molecule has 44 heavy (non-hydrogen) atoms. The Morgan fingerprint density at radius 3 is 2.34 bits per heavy atom. The number of aryl methyl sites for hydroxylation is 1. The molecule has 0 amide bonds. The topological polar surface area (TPSA) is 123 Å². The summed E-state index contributed by atoms with van der Waals surface area (Å²) in [7, 11) is -6.32. The van der Waals surface area contributed by atoms with Gasteiger partial charge in [0.25, 0.3) is 15.1 Å². The van der Waals surface area contributed by atoms with Crippen molar-refractivity contribution >= 4 is 80.8 Å². The van der Waals surface area contributed by atoms with E-state index in [4.69, 9.17) is 4.28 Å². The maximum absolute atomic E-state index is 12.4. The van der Waals surface area contributed by atoms with Gasteiger partial charge in [-0.3, -0.25) is 0 Å². The molecule has 5 aromatic rings. The van der Waals surface area contributed by atoms with Crippen LogP contribution in [-0.2, 0) is 31.1 Å². The van der Waals surface area contributed by atoms with Crippen LogP contribution in [0, 0.1) is 0 Å². The van der Waals surface area contributed by atoms with E-state index in [1.165, 1.54) is 0 Å². The van der Waals surface area contributed by atoms with Gasteiger partial charge in [-0.1, -0.05) is 72.9 Å². The summed E-state index contributed by atoms with van der Waals surface area (Å²) in [5.41, 5.74) is 5.14. The number of thiazole rings is 1. The summed E-state index contributed by atoms with van der Waals surface area (Å²) in [6.45, 7) is 2.50. The molecule has 1 N–H and O–H groups in total. The van der Waals surface area contributed by atoms with Gasteiger partial charge in [-0.2, -0.15) is 22.7 Å². The van der Waals surface area contributed by atoms with Crippen LogP contribution in [0.25, 0.3) is 37.8 Å². The van der Waals surface area contributed by atoms with E-state index in [-0.39, 0.29) is 12.3 Å². The lowest BCUT2D eigenvalue weighted by atomic mass is 10.1. The molecule has 0 radical (unpaired) electrons. The second-order valence-corrected chi connectivity index (χ2v) is 14.8. The molecule has 0 saturated heterocycles. The number of benzene rings is 4. The summed E-state index contributed by atoms with van der Waals surface area (Å²) in [5.74, 6) is -0.00924. The molecule has 0 unspecified atom stereocenters. The van der Waals surface area contributed by atoms with E-state index in [0.29, 0.717) is 25.3 Å². The van der Waals surface area contributed by atoms with Crippen LogP contribution < -0.4 is 19.8 Å². The van der Waals surface area contributed by atoms with E-state index in [2.05, 4.69) is 28.2 Å². The van der Waals surface area contributed by atoms with Gasteiger partial charge in [0.15, 0.2) is 6.54 Å². The number of nitrogens with zero attached hydrogens (tertiary/aromatic N) is 3. The quantitative estimate of drug-likeness (QED) is 0.124. The normalized spacial score (nSPS) is 14.8. The maximum atomic E-state index is 12.4. The van der Waals surface area contributed by atoms with Crippen LogP contribution in [0.15, 0.2) is 78.6 Å². The third-order valence-corrected chi connectivity index (χ3v) is 10.6. The number of hydrogen-bond donors (Lipinski definition) is 1. The molecule has 0 spiro atoms. The molecule has 13 heteroatoms. The number of hydrogen-bond acceptors (Lipinski definition) is 10. The highest BCUT2D eigenvalue weighted by Gasteiger charge is 2.33. The van der Waals surface area contributed by atoms with E-state index in [0.717, 1.165) is 48.1 Å². The van der Waals surface area contributed by atoms with Crippen LogP contribution in [0.1, 0.15) is 18.4 Å². The number of fused-ring (bicyclic) bond motifs is 6. The van der Waals surface area contributed by atoms with Gasteiger partial charge in [0, 0.05) is 31.9 Å². The van der Waals surface area contributed by atoms with Crippen molar-refractivity contribution < 1.29 is 30.2 Å². The number of nitrogens with one attached hydrogen (secondary N) is 1. The molecule has 0 atom stereocenters.